The molecule has 20 heavy (non-hydrogen) atoms. The fourth-order valence-electron chi connectivity index (χ4n) is 2.05. The first-order valence-corrected chi connectivity index (χ1v) is 6.69. The number of hydrogen-bond acceptors (Lipinski definition) is 6. The zero-order valence-electron chi connectivity index (χ0n) is 11.8. The molecule has 1 aliphatic heterocycles. The van der Waals surface area contributed by atoms with Crippen molar-refractivity contribution >= 4 is 11.8 Å². The van der Waals surface area contributed by atoms with Gasteiger partial charge >= 0.3 is 5.97 Å². The summed E-state index contributed by atoms with van der Waals surface area (Å²) < 4.78 is 15.8. The van der Waals surface area contributed by atoms with Crippen molar-refractivity contribution < 1.29 is 19.0 Å². The summed E-state index contributed by atoms with van der Waals surface area (Å²) in [5.74, 6) is 0.338. The molecule has 1 aromatic heterocycles. The van der Waals surface area contributed by atoms with Gasteiger partial charge in [0.05, 0.1) is 18.8 Å². The van der Waals surface area contributed by atoms with Crippen LogP contribution in [0.3, 0.4) is 0 Å². The van der Waals surface area contributed by atoms with Gasteiger partial charge < -0.3 is 19.5 Å². The predicted octanol–water partition coefficient (Wildman–Crippen LogP) is 1.48. The molecule has 1 atom stereocenters. The summed E-state index contributed by atoms with van der Waals surface area (Å²) in [6.45, 7) is 4.04. The van der Waals surface area contributed by atoms with Gasteiger partial charge in [-0.05, 0) is 19.1 Å². The number of nitrogens with zero attached hydrogens (tertiary/aromatic N) is 1. The minimum absolute atomic E-state index is 0.290. The Morgan fingerprint density at radius 2 is 2.40 bits per heavy atom. The fourth-order valence-corrected chi connectivity index (χ4v) is 2.05. The van der Waals surface area contributed by atoms with Gasteiger partial charge in [-0.25, -0.2) is 9.78 Å². The normalized spacial score (nSPS) is 21.7. The molecule has 6 heteroatoms. The van der Waals surface area contributed by atoms with Gasteiger partial charge in [0.25, 0.3) is 0 Å². The summed E-state index contributed by atoms with van der Waals surface area (Å²) in [6, 6.07) is 3.45. The van der Waals surface area contributed by atoms with E-state index in [-0.39, 0.29) is 11.6 Å². The molecule has 0 saturated carbocycles. The van der Waals surface area contributed by atoms with E-state index in [2.05, 4.69) is 10.3 Å². The molecule has 0 spiro atoms. The van der Waals surface area contributed by atoms with Crippen molar-refractivity contribution in [2.75, 3.05) is 38.8 Å². The molecule has 6 nitrogen and oxygen atoms in total. The number of methoxy groups -OCH3 is 1. The maximum absolute atomic E-state index is 11.5. The summed E-state index contributed by atoms with van der Waals surface area (Å²) in [5, 5.41) is 3.21. The number of hydrogen-bond donors (Lipinski definition) is 1. The number of pyridine rings is 1. The number of aromatic nitrogens is 1. The van der Waals surface area contributed by atoms with Gasteiger partial charge in [0.1, 0.15) is 11.4 Å². The first-order chi connectivity index (χ1) is 9.69. The molecule has 1 aromatic rings. The Hall–Kier alpha value is -1.66. The minimum atomic E-state index is -0.357. The molecule has 1 saturated heterocycles. The van der Waals surface area contributed by atoms with Gasteiger partial charge in [0, 0.05) is 32.9 Å². The van der Waals surface area contributed by atoms with E-state index >= 15 is 0 Å². The highest BCUT2D eigenvalue weighted by Gasteiger charge is 2.34. The first kappa shape index (κ1) is 14.7. The highest BCUT2D eigenvalue weighted by Crippen LogP contribution is 2.22. The quantitative estimate of drug-likeness (QED) is 0.796. The molecule has 1 fully saturated rings. The Kier molecular flexibility index (Phi) is 4.92. The van der Waals surface area contributed by atoms with Crippen molar-refractivity contribution in [1.82, 2.24) is 4.98 Å². The lowest BCUT2D eigenvalue weighted by molar-refractivity contribution is -0.00625. The number of ether oxygens (including phenoxy) is 3. The second-order valence-corrected chi connectivity index (χ2v) is 4.70. The topological polar surface area (TPSA) is 69.7 Å². The van der Waals surface area contributed by atoms with Crippen LogP contribution < -0.4 is 5.32 Å². The summed E-state index contributed by atoms with van der Waals surface area (Å²) in [4.78, 5) is 15.7. The molecule has 0 aliphatic carbocycles. The summed E-state index contributed by atoms with van der Waals surface area (Å²) >= 11 is 0. The van der Waals surface area contributed by atoms with Crippen LogP contribution in [0.25, 0.3) is 0 Å². The Morgan fingerprint density at radius 3 is 2.95 bits per heavy atom. The van der Waals surface area contributed by atoms with E-state index in [4.69, 9.17) is 14.2 Å². The Bertz CT molecular complexity index is 441. The third-order valence-electron chi connectivity index (χ3n) is 3.37. The summed E-state index contributed by atoms with van der Waals surface area (Å²) in [7, 11) is 1.69. The fraction of sp³-hybridized carbons (Fsp3) is 0.571. The van der Waals surface area contributed by atoms with Crippen LogP contribution >= 0.6 is 0 Å². The second-order valence-electron chi connectivity index (χ2n) is 4.70. The molecule has 1 aliphatic rings. The Morgan fingerprint density at radius 1 is 1.55 bits per heavy atom. The van der Waals surface area contributed by atoms with Crippen LogP contribution in [-0.2, 0) is 14.2 Å². The third kappa shape index (κ3) is 3.46. The van der Waals surface area contributed by atoms with Gasteiger partial charge in [-0.2, -0.15) is 0 Å². The molecule has 0 aromatic carbocycles. The van der Waals surface area contributed by atoms with E-state index in [1.807, 2.05) is 0 Å². The zero-order valence-corrected chi connectivity index (χ0v) is 11.8. The van der Waals surface area contributed by atoms with E-state index in [1.54, 1.807) is 26.2 Å². The number of nitrogens with one attached hydrogen (secondary N) is 1. The van der Waals surface area contributed by atoms with Crippen molar-refractivity contribution in [2.45, 2.75) is 18.9 Å². The summed E-state index contributed by atoms with van der Waals surface area (Å²) in [5.41, 5.74) is 0.157. The molecular formula is C14H20N2O4. The highest BCUT2D eigenvalue weighted by atomic mass is 16.5. The van der Waals surface area contributed by atoms with Crippen molar-refractivity contribution in [2.24, 2.45) is 0 Å². The van der Waals surface area contributed by atoms with Gasteiger partial charge in [-0.1, -0.05) is 0 Å². The van der Waals surface area contributed by atoms with Crippen molar-refractivity contribution in [3.8, 4) is 0 Å². The van der Waals surface area contributed by atoms with Crippen molar-refractivity contribution in [1.29, 1.82) is 0 Å². The monoisotopic (exact) mass is 280 g/mol. The van der Waals surface area contributed by atoms with Crippen LogP contribution in [0.5, 0.6) is 0 Å². The number of anilines is 1. The van der Waals surface area contributed by atoms with Crippen LogP contribution in [0, 0.1) is 0 Å². The smallest absolute Gasteiger partial charge is 0.339 e. The molecule has 0 amide bonds. The maximum atomic E-state index is 11.5. The lowest BCUT2D eigenvalue weighted by Crippen LogP contribution is -2.39. The molecule has 0 radical (unpaired) electrons. The zero-order chi connectivity index (χ0) is 14.4. The highest BCUT2D eigenvalue weighted by molar-refractivity contribution is 5.89. The Labute approximate surface area is 118 Å². The van der Waals surface area contributed by atoms with E-state index in [0.717, 1.165) is 6.42 Å². The van der Waals surface area contributed by atoms with E-state index in [0.29, 0.717) is 37.7 Å². The molecule has 2 heterocycles. The van der Waals surface area contributed by atoms with Gasteiger partial charge in [0.15, 0.2) is 0 Å². The van der Waals surface area contributed by atoms with Crippen LogP contribution in [0.2, 0.25) is 0 Å². The average molecular weight is 280 g/mol. The lowest BCUT2D eigenvalue weighted by atomic mass is 10.0. The number of rotatable bonds is 6. The van der Waals surface area contributed by atoms with Crippen LogP contribution in [0.15, 0.2) is 18.3 Å². The Balaban J connectivity index is 1.92. The minimum Gasteiger partial charge on any atom is -0.462 e. The van der Waals surface area contributed by atoms with E-state index in [1.165, 1.54) is 6.20 Å². The van der Waals surface area contributed by atoms with Crippen LogP contribution in [0.4, 0.5) is 5.82 Å². The first-order valence-electron chi connectivity index (χ1n) is 6.69. The molecule has 1 unspecified atom stereocenters. The largest absolute Gasteiger partial charge is 0.462 e. The number of esters is 1. The molecule has 0 bridgehead atoms. The van der Waals surface area contributed by atoms with Crippen LogP contribution in [-0.4, -0.2) is 50.0 Å². The van der Waals surface area contributed by atoms with E-state index in [9.17, 15) is 4.79 Å². The third-order valence-corrected chi connectivity index (χ3v) is 3.37. The number of carbonyl (C=O) groups is 1. The molecule has 2 rings (SSSR count). The standard InChI is InChI=1S/C14H20N2O4/c1-3-20-13(17)11-4-5-12(15-8-11)16-9-14(18-2)6-7-19-10-14/h4-5,8H,3,6-7,9-10H2,1-2H3,(H,15,16). The van der Waals surface area contributed by atoms with Gasteiger partial charge in [-0.3, -0.25) is 0 Å². The predicted molar refractivity (Wildman–Crippen MR) is 73.9 cm³/mol. The lowest BCUT2D eigenvalue weighted by Gasteiger charge is -2.26. The molecular weight excluding hydrogens is 260 g/mol. The molecule has 110 valence electrons. The van der Waals surface area contributed by atoms with Gasteiger partial charge in [-0.15, -0.1) is 0 Å². The van der Waals surface area contributed by atoms with Crippen molar-refractivity contribution in [3.63, 3.8) is 0 Å². The average Bonchev–Trinajstić information content (AvgIpc) is 2.95. The van der Waals surface area contributed by atoms with E-state index < -0.39 is 0 Å². The van der Waals surface area contributed by atoms with Crippen LogP contribution in [0.1, 0.15) is 23.7 Å². The van der Waals surface area contributed by atoms with Crippen molar-refractivity contribution in [3.05, 3.63) is 23.9 Å². The SMILES string of the molecule is CCOC(=O)c1ccc(NCC2(OC)CCOC2)nc1. The van der Waals surface area contributed by atoms with Gasteiger partial charge in [0.2, 0.25) is 0 Å². The summed E-state index contributed by atoms with van der Waals surface area (Å²) in [6.07, 6.45) is 2.36. The second kappa shape index (κ2) is 6.67. The molecule has 1 N–H and O–H groups in total. The number of carbonyl (C=O) groups excluding carboxylic acids is 1. The maximum Gasteiger partial charge on any atom is 0.339 e.